The van der Waals surface area contributed by atoms with Gasteiger partial charge in [-0.1, -0.05) is 0 Å². The molecular formula is C23H42N5O4+. The molecule has 5 rings (SSSR count). The summed E-state index contributed by atoms with van der Waals surface area (Å²) in [6.45, 7) is 7.34. The number of carbonyl (C=O) groups is 1. The molecule has 32 heavy (non-hydrogen) atoms. The van der Waals surface area contributed by atoms with E-state index in [4.69, 9.17) is 9.57 Å². The maximum atomic E-state index is 11.1. The topological polar surface area (TPSA) is 107 Å². The van der Waals surface area contributed by atoms with Crippen molar-refractivity contribution < 1.29 is 29.7 Å². The summed E-state index contributed by atoms with van der Waals surface area (Å²) in [7, 11) is 0. The van der Waals surface area contributed by atoms with Gasteiger partial charge in [-0.25, -0.2) is 4.90 Å². The van der Waals surface area contributed by atoms with Gasteiger partial charge in [0.2, 0.25) is 0 Å². The molecule has 6 unspecified atom stereocenters. The van der Waals surface area contributed by atoms with Crippen LogP contribution in [0.1, 0.15) is 51.4 Å². The predicted molar refractivity (Wildman–Crippen MR) is 115 cm³/mol. The Balaban J connectivity index is 1.07. The average molecular weight is 453 g/mol. The van der Waals surface area contributed by atoms with Crippen LogP contribution in [-0.4, -0.2) is 81.4 Å². The van der Waals surface area contributed by atoms with E-state index in [-0.39, 0.29) is 18.3 Å². The molecule has 5 fully saturated rings. The molecule has 1 saturated carbocycles. The number of nitrogens with one attached hydrogen (secondary N) is 3. The Labute approximate surface area is 191 Å². The molecule has 0 amide bonds. The first-order valence-electron chi connectivity index (χ1n) is 13.0. The number of carboxylic acid groups (broad SMARTS) is 1. The summed E-state index contributed by atoms with van der Waals surface area (Å²) in [5, 5.41) is 17.4. The largest absolute Gasteiger partial charge is 0.550 e. The van der Waals surface area contributed by atoms with Gasteiger partial charge in [-0.3, -0.25) is 10.2 Å². The molecule has 0 spiro atoms. The fourth-order valence-electron chi connectivity index (χ4n) is 6.85. The Hall–Kier alpha value is -0.810. The first kappa shape index (κ1) is 23.0. The Morgan fingerprint density at radius 1 is 1.09 bits per heavy atom. The SMILES string of the molecule is O=C([O-])C1CCC(C[NH+]2CCCC2C2NC(C3CCC(N4CCOCC4)[NH2+]C3)NO2)CC1. The van der Waals surface area contributed by atoms with E-state index in [1.165, 1.54) is 32.2 Å². The van der Waals surface area contributed by atoms with Crippen LogP contribution in [0.2, 0.25) is 0 Å². The van der Waals surface area contributed by atoms with Crippen LogP contribution >= 0.6 is 0 Å². The van der Waals surface area contributed by atoms with Crippen molar-refractivity contribution >= 4 is 5.97 Å². The summed E-state index contributed by atoms with van der Waals surface area (Å²) >= 11 is 0. The molecule has 4 saturated heterocycles. The van der Waals surface area contributed by atoms with Crippen LogP contribution < -0.4 is 26.1 Å². The van der Waals surface area contributed by atoms with E-state index in [1.54, 1.807) is 4.90 Å². The standard InChI is InChI=1S/C23H41N5O4/c29-23(30)17-5-3-16(4-6-17)15-28-9-1-2-19(28)22-25-21(26-32-22)18-7-8-20(24-14-18)27-10-12-31-13-11-27/h16-22,24-26H,1-15H2,(H,29,30)/p+1. The summed E-state index contributed by atoms with van der Waals surface area (Å²) in [4.78, 5) is 21.5. The lowest BCUT2D eigenvalue weighted by Gasteiger charge is -2.37. The minimum atomic E-state index is -0.855. The zero-order valence-electron chi connectivity index (χ0n) is 19.3. The van der Waals surface area contributed by atoms with Gasteiger partial charge in [0, 0.05) is 50.2 Å². The summed E-state index contributed by atoms with van der Waals surface area (Å²) in [6.07, 6.45) is 9.45. The predicted octanol–water partition coefficient (Wildman–Crippen LogP) is -3.00. The fourth-order valence-corrected chi connectivity index (χ4v) is 6.85. The van der Waals surface area contributed by atoms with E-state index in [2.05, 4.69) is 21.0 Å². The van der Waals surface area contributed by atoms with E-state index in [1.807, 2.05) is 0 Å². The number of nitrogens with two attached hydrogens (primary N) is 1. The minimum Gasteiger partial charge on any atom is -0.550 e. The van der Waals surface area contributed by atoms with Crippen LogP contribution in [0.15, 0.2) is 0 Å². The summed E-state index contributed by atoms with van der Waals surface area (Å²) < 4.78 is 5.50. The molecule has 9 heteroatoms. The quantitative estimate of drug-likeness (QED) is 0.340. The number of ether oxygens (including phenoxy) is 1. The molecule has 0 bridgehead atoms. The summed E-state index contributed by atoms with van der Waals surface area (Å²) in [5.41, 5.74) is 3.34. The monoisotopic (exact) mass is 452 g/mol. The van der Waals surface area contributed by atoms with Crippen molar-refractivity contribution in [2.45, 2.75) is 76.0 Å². The first-order chi connectivity index (χ1) is 15.7. The Kier molecular flexibility index (Phi) is 7.63. The Morgan fingerprint density at radius 2 is 1.91 bits per heavy atom. The Bertz CT molecular complexity index is 618. The van der Waals surface area contributed by atoms with Crippen LogP contribution in [0, 0.1) is 17.8 Å². The van der Waals surface area contributed by atoms with Crippen molar-refractivity contribution in [2.75, 3.05) is 45.9 Å². The number of likely N-dealkylation sites (tertiary alicyclic amines) is 1. The van der Waals surface area contributed by atoms with Gasteiger partial charge in [-0.15, -0.1) is 0 Å². The van der Waals surface area contributed by atoms with Crippen molar-refractivity contribution in [3.63, 3.8) is 0 Å². The van der Waals surface area contributed by atoms with Gasteiger partial charge in [0.1, 0.15) is 12.2 Å². The number of carboxylic acids is 1. The van der Waals surface area contributed by atoms with Crippen LogP contribution in [0.25, 0.3) is 0 Å². The molecule has 5 N–H and O–H groups in total. The lowest BCUT2D eigenvalue weighted by molar-refractivity contribution is -0.919. The molecule has 1 aliphatic carbocycles. The van der Waals surface area contributed by atoms with Gasteiger partial charge >= 0.3 is 0 Å². The summed E-state index contributed by atoms with van der Waals surface area (Å²) in [6, 6.07) is 0.486. The molecule has 0 aromatic heterocycles. The zero-order valence-corrected chi connectivity index (χ0v) is 19.3. The second-order valence-electron chi connectivity index (χ2n) is 10.7. The van der Waals surface area contributed by atoms with Crippen molar-refractivity contribution in [2.24, 2.45) is 17.8 Å². The molecule has 0 aromatic rings. The number of piperidine rings is 1. The number of carbonyl (C=O) groups excluding carboxylic acids is 1. The first-order valence-corrected chi connectivity index (χ1v) is 13.0. The Morgan fingerprint density at radius 3 is 2.62 bits per heavy atom. The highest BCUT2D eigenvalue weighted by molar-refractivity contribution is 5.67. The number of aliphatic carboxylic acids is 1. The van der Waals surface area contributed by atoms with Crippen LogP contribution in [0.3, 0.4) is 0 Å². The molecule has 4 heterocycles. The van der Waals surface area contributed by atoms with Gasteiger partial charge in [0.05, 0.1) is 39.0 Å². The molecule has 6 atom stereocenters. The van der Waals surface area contributed by atoms with E-state index < -0.39 is 5.97 Å². The van der Waals surface area contributed by atoms with Crippen molar-refractivity contribution in [1.82, 2.24) is 15.7 Å². The van der Waals surface area contributed by atoms with Crippen molar-refractivity contribution in [3.05, 3.63) is 0 Å². The number of nitrogens with zero attached hydrogens (tertiary/aromatic N) is 1. The number of hydroxylamine groups is 1. The van der Waals surface area contributed by atoms with Gasteiger partial charge in [0.25, 0.3) is 0 Å². The minimum absolute atomic E-state index is 0.0778. The third-order valence-corrected chi connectivity index (χ3v) is 8.83. The van der Waals surface area contributed by atoms with Gasteiger partial charge in [-0.2, -0.15) is 5.48 Å². The normalized spacial score (nSPS) is 44.0. The maximum Gasteiger partial charge on any atom is 0.183 e. The molecule has 0 radical (unpaired) electrons. The van der Waals surface area contributed by atoms with Crippen LogP contribution in [-0.2, 0) is 14.4 Å². The van der Waals surface area contributed by atoms with E-state index >= 15 is 0 Å². The fraction of sp³-hybridized carbons (Fsp3) is 0.957. The number of rotatable bonds is 6. The highest BCUT2D eigenvalue weighted by Gasteiger charge is 2.44. The molecule has 9 nitrogen and oxygen atoms in total. The zero-order chi connectivity index (χ0) is 21.9. The molecular weight excluding hydrogens is 410 g/mol. The van der Waals surface area contributed by atoms with Crippen molar-refractivity contribution in [1.29, 1.82) is 0 Å². The number of hydrogen-bond acceptors (Lipinski definition) is 7. The number of hydrogen-bond donors (Lipinski definition) is 4. The van der Waals surface area contributed by atoms with E-state index in [0.717, 1.165) is 65.1 Å². The highest BCUT2D eigenvalue weighted by atomic mass is 16.7. The van der Waals surface area contributed by atoms with Gasteiger partial charge in [0.15, 0.2) is 6.23 Å². The number of quaternary nitrogens is 2. The molecule has 0 aromatic carbocycles. The van der Waals surface area contributed by atoms with Gasteiger partial charge < -0.3 is 24.9 Å². The van der Waals surface area contributed by atoms with E-state index in [0.29, 0.717) is 24.0 Å². The maximum absolute atomic E-state index is 11.1. The van der Waals surface area contributed by atoms with Gasteiger partial charge in [-0.05, 0) is 38.0 Å². The second kappa shape index (κ2) is 10.6. The third-order valence-electron chi connectivity index (χ3n) is 8.83. The number of morpholine rings is 1. The van der Waals surface area contributed by atoms with Crippen LogP contribution in [0.4, 0.5) is 0 Å². The smallest absolute Gasteiger partial charge is 0.183 e. The molecule has 182 valence electrons. The third kappa shape index (κ3) is 5.29. The molecule has 5 aliphatic rings. The lowest BCUT2D eigenvalue weighted by Crippen LogP contribution is -3.15. The van der Waals surface area contributed by atoms with Crippen molar-refractivity contribution in [3.8, 4) is 0 Å². The average Bonchev–Trinajstić information content (AvgIpc) is 3.50. The highest BCUT2D eigenvalue weighted by Crippen LogP contribution is 2.28. The van der Waals surface area contributed by atoms with Crippen LogP contribution in [0.5, 0.6) is 0 Å². The van der Waals surface area contributed by atoms with E-state index in [9.17, 15) is 9.90 Å². The second-order valence-corrected chi connectivity index (χ2v) is 10.7. The summed E-state index contributed by atoms with van der Waals surface area (Å²) in [5.74, 6) is 0.140. The molecule has 4 aliphatic heterocycles. The lowest BCUT2D eigenvalue weighted by atomic mass is 9.82.